The van der Waals surface area contributed by atoms with Crippen molar-refractivity contribution in [1.29, 1.82) is 0 Å². The lowest BCUT2D eigenvalue weighted by Gasteiger charge is -2.22. The molecule has 0 amide bonds. The van der Waals surface area contributed by atoms with Gasteiger partial charge in [-0.15, -0.1) is 34.2 Å². The normalized spacial score (nSPS) is 15.1. The minimum absolute atomic E-state index is 0. The molecule has 30 heavy (non-hydrogen) atoms. The Kier molecular flexibility index (Phi) is 9.83. The number of anilines is 1. The van der Waals surface area contributed by atoms with Crippen molar-refractivity contribution in [2.75, 3.05) is 38.3 Å². The molecule has 9 heteroatoms. The largest absolute Gasteiger partial charge is 0.383 e. The SMILES string of the molecule is COCCNC(=NCc1nnc(C)n1C)NC(C)c1cccc(N2CCCC2)c1.I. The molecule has 1 unspecified atom stereocenters. The van der Waals surface area contributed by atoms with Gasteiger partial charge in [0, 0.05) is 39.5 Å². The highest BCUT2D eigenvalue weighted by molar-refractivity contribution is 14.0. The number of hydrogen-bond acceptors (Lipinski definition) is 5. The zero-order chi connectivity index (χ0) is 20.6. The molecule has 1 fully saturated rings. The summed E-state index contributed by atoms with van der Waals surface area (Å²) in [6, 6.07) is 8.90. The van der Waals surface area contributed by atoms with Crippen LogP contribution in [0.4, 0.5) is 5.69 Å². The van der Waals surface area contributed by atoms with Crippen LogP contribution in [-0.2, 0) is 18.3 Å². The average Bonchev–Trinajstić information content (AvgIpc) is 3.38. The van der Waals surface area contributed by atoms with E-state index in [1.165, 1.54) is 24.1 Å². The van der Waals surface area contributed by atoms with E-state index in [0.29, 0.717) is 19.7 Å². The molecule has 1 atom stereocenters. The third-order valence-electron chi connectivity index (χ3n) is 5.35. The van der Waals surface area contributed by atoms with Crippen LogP contribution in [0.1, 0.15) is 43.0 Å². The van der Waals surface area contributed by atoms with Crippen LogP contribution in [0.15, 0.2) is 29.3 Å². The number of nitrogens with one attached hydrogen (secondary N) is 2. The maximum absolute atomic E-state index is 5.16. The molecule has 2 heterocycles. The standard InChI is InChI=1S/C21H33N7O.HI/c1-16(18-8-7-9-19(14-18)28-11-5-6-12-28)24-21(22-10-13-29-4)23-15-20-26-25-17(2)27(20)3;/h7-9,14,16H,5-6,10-13,15H2,1-4H3,(H2,22,23,24);1H. The zero-order valence-electron chi connectivity index (χ0n) is 18.4. The Bertz CT molecular complexity index is 817. The fourth-order valence-electron chi connectivity index (χ4n) is 3.42. The summed E-state index contributed by atoms with van der Waals surface area (Å²) in [6.45, 7) is 8.14. The van der Waals surface area contributed by atoms with E-state index >= 15 is 0 Å². The summed E-state index contributed by atoms with van der Waals surface area (Å²) in [6.07, 6.45) is 2.56. The number of benzene rings is 1. The highest BCUT2D eigenvalue weighted by Crippen LogP contribution is 2.23. The Morgan fingerprint density at radius 3 is 2.70 bits per heavy atom. The molecule has 1 aromatic heterocycles. The lowest BCUT2D eigenvalue weighted by molar-refractivity contribution is 0.203. The summed E-state index contributed by atoms with van der Waals surface area (Å²) in [7, 11) is 3.65. The van der Waals surface area contributed by atoms with Crippen LogP contribution >= 0.6 is 24.0 Å². The first-order chi connectivity index (χ1) is 14.1. The van der Waals surface area contributed by atoms with Crippen LogP contribution < -0.4 is 15.5 Å². The van der Waals surface area contributed by atoms with Gasteiger partial charge in [0.25, 0.3) is 0 Å². The predicted octanol–water partition coefficient (Wildman–Crippen LogP) is 2.78. The number of rotatable bonds is 8. The van der Waals surface area contributed by atoms with E-state index in [1.807, 2.05) is 18.5 Å². The van der Waals surface area contributed by atoms with Crippen molar-refractivity contribution in [1.82, 2.24) is 25.4 Å². The van der Waals surface area contributed by atoms with Crippen molar-refractivity contribution in [3.63, 3.8) is 0 Å². The Morgan fingerprint density at radius 2 is 2.03 bits per heavy atom. The van der Waals surface area contributed by atoms with Gasteiger partial charge in [-0.05, 0) is 44.4 Å². The number of methoxy groups -OCH3 is 1. The second kappa shape index (κ2) is 12.1. The monoisotopic (exact) mass is 527 g/mol. The van der Waals surface area contributed by atoms with Gasteiger partial charge in [0.05, 0.1) is 12.6 Å². The third-order valence-corrected chi connectivity index (χ3v) is 5.35. The molecule has 1 saturated heterocycles. The molecule has 0 radical (unpaired) electrons. The van der Waals surface area contributed by atoms with Crippen LogP contribution in [-0.4, -0.2) is 54.1 Å². The summed E-state index contributed by atoms with van der Waals surface area (Å²) < 4.78 is 7.12. The maximum atomic E-state index is 5.16. The molecule has 1 aliphatic heterocycles. The van der Waals surface area contributed by atoms with E-state index in [0.717, 1.165) is 30.7 Å². The number of ether oxygens (including phenoxy) is 1. The second-order valence-corrected chi connectivity index (χ2v) is 7.46. The van der Waals surface area contributed by atoms with Crippen LogP contribution in [0.3, 0.4) is 0 Å². The van der Waals surface area contributed by atoms with Gasteiger partial charge in [-0.2, -0.15) is 0 Å². The van der Waals surface area contributed by atoms with Crippen molar-refractivity contribution in [3.8, 4) is 0 Å². The van der Waals surface area contributed by atoms with Gasteiger partial charge in [-0.1, -0.05) is 12.1 Å². The molecular weight excluding hydrogens is 493 g/mol. The van der Waals surface area contributed by atoms with Gasteiger partial charge in [0.1, 0.15) is 12.4 Å². The number of hydrogen-bond donors (Lipinski definition) is 2. The van der Waals surface area contributed by atoms with E-state index in [-0.39, 0.29) is 30.0 Å². The van der Waals surface area contributed by atoms with Gasteiger partial charge >= 0.3 is 0 Å². The first-order valence-electron chi connectivity index (χ1n) is 10.3. The molecule has 8 nitrogen and oxygen atoms in total. The summed E-state index contributed by atoms with van der Waals surface area (Å²) >= 11 is 0. The Hall–Kier alpha value is -1.88. The highest BCUT2D eigenvalue weighted by Gasteiger charge is 2.15. The van der Waals surface area contributed by atoms with Gasteiger partial charge < -0.3 is 24.8 Å². The fourth-order valence-corrected chi connectivity index (χ4v) is 3.42. The zero-order valence-corrected chi connectivity index (χ0v) is 20.7. The van der Waals surface area contributed by atoms with Crippen molar-refractivity contribution >= 4 is 35.6 Å². The summed E-state index contributed by atoms with van der Waals surface area (Å²) in [5.74, 6) is 2.45. The molecule has 3 rings (SSSR count). The smallest absolute Gasteiger partial charge is 0.192 e. The summed E-state index contributed by atoms with van der Waals surface area (Å²) in [5, 5.41) is 15.1. The van der Waals surface area contributed by atoms with E-state index in [1.54, 1.807) is 7.11 Å². The fraction of sp³-hybridized carbons (Fsp3) is 0.571. The molecule has 0 saturated carbocycles. The van der Waals surface area contributed by atoms with Crippen molar-refractivity contribution in [3.05, 3.63) is 41.5 Å². The number of guanidine groups is 1. The molecule has 0 aliphatic carbocycles. The molecule has 2 N–H and O–H groups in total. The minimum Gasteiger partial charge on any atom is -0.383 e. The van der Waals surface area contributed by atoms with Crippen molar-refractivity contribution < 1.29 is 4.74 Å². The van der Waals surface area contributed by atoms with Gasteiger partial charge in [0.2, 0.25) is 0 Å². The van der Waals surface area contributed by atoms with Crippen molar-refractivity contribution in [2.45, 2.75) is 39.3 Å². The number of aliphatic imine (C=N–C) groups is 1. The van der Waals surface area contributed by atoms with Crippen LogP contribution in [0, 0.1) is 6.92 Å². The van der Waals surface area contributed by atoms with Gasteiger partial charge in [-0.25, -0.2) is 4.99 Å². The number of halogens is 1. The quantitative estimate of drug-likeness (QED) is 0.238. The highest BCUT2D eigenvalue weighted by atomic mass is 127. The van der Waals surface area contributed by atoms with Crippen LogP contribution in [0.5, 0.6) is 0 Å². The minimum atomic E-state index is 0. The second-order valence-electron chi connectivity index (χ2n) is 7.46. The van der Waals surface area contributed by atoms with Gasteiger partial charge in [-0.3, -0.25) is 0 Å². The van der Waals surface area contributed by atoms with E-state index in [9.17, 15) is 0 Å². The Balaban J connectivity index is 0.00000320. The molecule has 2 aromatic rings. The lowest BCUT2D eigenvalue weighted by atomic mass is 10.1. The maximum Gasteiger partial charge on any atom is 0.192 e. The summed E-state index contributed by atoms with van der Waals surface area (Å²) in [5.41, 5.74) is 2.54. The predicted molar refractivity (Wildman–Crippen MR) is 132 cm³/mol. The molecule has 0 spiro atoms. The van der Waals surface area contributed by atoms with Crippen LogP contribution in [0.25, 0.3) is 0 Å². The topological polar surface area (TPSA) is 79.6 Å². The van der Waals surface area contributed by atoms with Crippen LogP contribution in [0.2, 0.25) is 0 Å². The summed E-state index contributed by atoms with van der Waals surface area (Å²) in [4.78, 5) is 7.17. The average molecular weight is 527 g/mol. The number of aromatic nitrogens is 3. The van der Waals surface area contributed by atoms with E-state index < -0.39 is 0 Å². The van der Waals surface area contributed by atoms with Crippen molar-refractivity contribution in [2.24, 2.45) is 12.0 Å². The Labute approximate surface area is 196 Å². The molecule has 1 aromatic carbocycles. The number of aryl methyl sites for hydroxylation is 1. The molecular formula is C21H34IN7O. The van der Waals surface area contributed by atoms with E-state index in [2.05, 4.69) is 56.9 Å². The Morgan fingerprint density at radius 1 is 1.27 bits per heavy atom. The third kappa shape index (κ3) is 6.56. The van der Waals surface area contributed by atoms with E-state index in [4.69, 9.17) is 9.73 Å². The molecule has 0 bridgehead atoms. The first-order valence-corrected chi connectivity index (χ1v) is 10.3. The van der Waals surface area contributed by atoms with Gasteiger partial charge in [0.15, 0.2) is 11.8 Å². The molecule has 1 aliphatic rings. The lowest BCUT2D eigenvalue weighted by Crippen LogP contribution is -2.40. The number of nitrogens with zero attached hydrogens (tertiary/aromatic N) is 5. The molecule has 166 valence electrons. The first kappa shape index (κ1) is 24.4.